The fourth-order valence-electron chi connectivity index (χ4n) is 3.35. The van der Waals surface area contributed by atoms with Crippen LogP contribution in [0.4, 0.5) is 0 Å². The van der Waals surface area contributed by atoms with E-state index >= 15 is 0 Å². The van der Waals surface area contributed by atoms with Crippen molar-refractivity contribution in [2.75, 3.05) is 0 Å². The second-order valence-electron chi connectivity index (χ2n) is 4.21. The van der Waals surface area contributed by atoms with Gasteiger partial charge in [0.2, 0.25) is 0 Å². The Morgan fingerprint density at radius 3 is 2.73 bits per heavy atom. The molecule has 3 heteroatoms. The summed E-state index contributed by atoms with van der Waals surface area (Å²) in [7, 11) is 0. The standard InChI is InChI=1S/C8H12N2O/c11-10-8-5-1-4-2-6(3-5)9-7(4)8/h4-9H,1-3H2. The Balaban J connectivity index is 1.96. The van der Waals surface area contributed by atoms with E-state index in [0.29, 0.717) is 12.0 Å². The molecule has 0 radical (unpaired) electrons. The first-order valence-corrected chi connectivity index (χ1v) is 4.47. The highest BCUT2D eigenvalue weighted by Crippen LogP contribution is 2.48. The summed E-state index contributed by atoms with van der Waals surface area (Å²) in [6, 6.07) is 1.29. The molecule has 2 aliphatic carbocycles. The van der Waals surface area contributed by atoms with Crippen molar-refractivity contribution >= 4 is 0 Å². The Hall–Kier alpha value is -0.440. The van der Waals surface area contributed by atoms with Gasteiger partial charge in [-0.05, 0) is 31.1 Å². The van der Waals surface area contributed by atoms with Crippen LogP contribution in [0.5, 0.6) is 0 Å². The molecule has 0 aromatic heterocycles. The zero-order valence-electron chi connectivity index (χ0n) is 6.36. The summed E-state index contributed by atoms with van der Waals surface area (Å²) in [6.07, 6.45) is 3.75. The first-order chi connectivity index (χ1) is 5.38. The molecule has 4 rings (SSSR count). The summed E-state index contributed by atoms with van der Waals surface area (Å²) in [5.41, 5.74) is 0. The number of nitrogens with zero attached hydrogens (tertiary/aromatic N) is 1. The lowest BCUT2D eigenvalue weighted by Gasteiger charge is -2.28. The quantitative estimate of drug-likeness (QED) is 0.567. The lowest BCUT2D eigenvalue weighted by atomic mass is 9.86. The van der Waals surface area contributed by atoms with E-state index in [1.165, 1.54) is 19.3 Å². The van der Waals surface area contributed by atoms with E-state index in [2.05, 4.69) is 10.5 Å². The minimum atomic E-state index is 0.110. The molecule has 4 bridgehead atoms. The van der Waals surface area contributed by atoms with E-state index in [1.54, 1.807) is 0 Å². The average molecular weight is 152 g/mol. The SMILES string of the molecule is O=NC1C2CC3CC(C2)C1N3. The summed E-state index contributed by atoms with van der Waals surface area (Å²) in [5, 5.41) is 6.73. The predicted octanol–water partition coefficient (Wildman–Crippen LogP) is 0.892. The molecule has 0 spiro atoms. The molecule has 0 aromatic carbocycles. The number of nitrogens with one attached hydrogen (secondary N) is 1. The van der Waals surface area contributed by atoms with Crippen LogP contribution in [0.2, 0.25) is 0 Å². The number of hydrogen-bond acceptors (Lipinski definition) is 3. The Labute approximate surface area is 65.5 Å². The van der Waals surface area contributed by atoms with E-state index in [-0.39, 0.29) is 6.04 Å². The van der Waals surface area contributed by atoms with Crippen molar-refractivity contribution in [3.8, 4) is 0 Å². The van der Waals surface area contributed by atoms with Crippen molar-refractivity contribution in [1.82, 2.24) is 5.32 Å². The highest BCUT2D eigenvalue weighted by atomic mass is 16.3. The van der Waals surface area contributed by atoms with Gasteiger partial charge in [0.15, 0.2) is 0 Å². The molecule has 5 atom stereocenters. The van der Waals surface area contributed by atoms with Crippen LogP contribution in [0.25, 0.3) is 0 Å². The van der Waals surface area contributed by atoms with E-state index in [0.717, 1.165) is 12.0 Å². The van der Waals surface area contributed by atoms with Gasteiger partial charge in [0.05, 0.1) is 0 Å². The van der Waals surface area contributed by atoms with Crippen LogP contribution in [0, 0.1) is 16.7 Å². The van der Waals surface area contributed by atoms with E-state index in [9.17, 15) is 4.91 Å². The molecule has 5 unspecified atom stereocenters. The maximum atomic E-state index is 10.5. The smallest absolute Gasteiger partial charge is 0.110 e. The molecule has 2 aliphatic heterocycles. The summed E-state index contributed by atoms with van der Waals surface area (Å²) < 4.78 is 0. The second-order valence-corrected chi connectivity index (χ2v) is 4.21. The van der Waals surface area contributed by atoms with Crippen molar-refractivity contribution < 1.29 is 0 Å². The molecule has 4 aliphatic rings. The van der Waals surface area contributed by atoms with Crippen LogP contribution < -0.4 is 5.32 Å². The monoisotopic (exact) mass is 152 g/mol. The highest BCUT2D eigenvalue weighted by Gasteiger charge is 2.54. The molecule has 0 aromatic rings. The minimum absolute atomic E-state index is 0.110. The first-order valence-electron chi connectivity index (χ1n) is 4.47. The molecule has 60 valence electrons. The fourth-order valence-corrected chi connectivity index (χ4v) is 3.35. The first kappa shape index (κ1) is 6.12. The van der Waals surface area contributed by atoms with Crippen LogP contribution in [0.15, 0.2) is 5.18 Å². The molecule has 4 fully saturated rings. The van der Waals surface area contributed by atoms with Gasteiger partial charge in [-0.2, -0.15) is 4.91 Å². The lowest BCUT2D eigenvalue weighted by molar-refractivity contribution is 0.285. The zero-order valence-corrected chi connectivity index (χ0v) is 6.36. The van der Waals surface area contributed by atoms with Crippen LogP contribution in [0.1, 0.15) is 19.3 Å². The van der Waals surface area contributed by atoms with Crippen LogP contribution >= 0.6 is 0 Å². The normalized spacial score (nSPS) is 58.7. The van der Waals surface area contributed by atoms with Crippen LogP contribution in [0.3, 0.4) is 0 Å². The summed E-state index contributed by atoms with van der Waals surface area (Å²) in [4.78, 5) is 10.5. The minimum Gasteiger partial charge on any atom is -0.309 e. The van der Waals surface area contributed by atoms with E-state index < -0.39 is 0 Å². The number of rotatable bonds is 1. The van der Waals surface area contributed by atoms with Gasteiger partial charge in [-0.1, -0.05) is 5.18 Å². The van der Waals surface area contributed by atoms with Crippen molar-refractivity contribution in [3.05, 3.63) is 4.91 Å². The maximum Gasteiger partial charge on any atom is 0.110 e. The molecule has 2 heterocycles. The summed E-state index contributed by atoms with van der Waals surface area (Å²) in [5.74, 6) is 1.41. The van der Waals surface area contributed by atoms with Crippen molar-refractivity contribution in [2.24, 2.45) is 17.0 Å². The highest BCUT2D eigenvalue weighted by molar-refractivity contribution is 5.11. The Kier molecular flexibility index (Phi) is 1.02. The molecule has 1 N–H and O–H groups in total. The predicted molar refractivity (Wildman–Crippen MR) is 41.1 cm³/mol. The van der Waals surface area contributed by atoms with Crippen molar-refractivity contribution in [1.29, 1.82) is 0 Å². The van der Waals surface area contributed by atoms with E-state index in [4.69, 9.17) is 0 Å². The number of nitroso groups, excluding NO2 is 1. The van der Waals surface area contributed by atoms with Gasteiger partial charge in [-0.3, -0.25) is 0 Å². The van der Waals surface area contributed by atoms with Gasteiger partial charge in [0.1, 0.15) is 6.04 Å². The Morgan fingerprint density at radius 1 is 1.18 bits per heavy atom. The third kappa shape index (κ3) is 0.625. The molecule has 0 amide bonds. The van der Waals surface area contributed by atoms with Gasteiger partial charge in [0, 0.05) is 12.1 Å². The molecule has 2 saturated carbocycles. The summed E-state index contributed by atoms with van der Waals surface area (Å²) >= 11 is 0. The number of hydrogen-bond donors (Lipinski definition) is 1. The zero-order chi connectivity index (χ0) is 7.42. The van der Waals surface area contributed by atoms with Crippen molar-refractivity contribution in [3.63, 3.8) is 0 Å². The molecular weight excluding hydrogens is 140 g/mol. The van der Waals surface area contributed by atoms with Crippen molar-refractivity contribution in [2.45, 2.75) is 37.4 Å². The van der Waals surface area contributed by atoms with Gasteiger partial charge < -0.3 is 5.32 Å². The molecule has 2 saturated heterocycles. The molecule has 3 nitrogen and oxygen atoms in total. The van der Waals surface area contributed by atoms with E-state index in [1.807, 2.05) is 0 Å². The average Bonchev–Trinajstić information content (AvgIpc) is 2.40. The third-order valence-corrected chi connectivity index (χ3v) is 3.69. The lowest BCUT2D eigenvalue weighted by Crippen LogP contribution is -2.44. The topological polar surface area (TPSA) is 41.5 Å². The van der Waals surface area contributed by atoms with Gasteiger partial charge >= 0.3 is 0 Å². The van der Waals surface area contributed by atoms with Gasteiger partial charge in [0.25, 0.3) is 0 Å². The van der Waals surface area contributed by atoms with Gasteiger partial charge in [-0.25, -0.2) is 0 Å². The van der Waals surface area contributed by atoms with Crippen LogP contribution in [-0.4, -0.2) is 18.1 Å². The Bertz CT molecular complexity index is 202. The Morgan fingerprint density at radius 2 is 2.00 bits per heavy atom. The number of piperidine rings is 1. The third-order valence-electron chi connectivity index (χ3n) is 3.69. The summed E-state index contributed by atoms with van der Waals surface area (Å²) in [6.45, 7) is 0. The van der Waals surface area contributed by atoms with Gasteiger partial charge in [-0.15, -0.1) is 0 Å². The largest absolute Gasteiger partial charge is 0.309 e. The van der Waals surface area contributed by atoms with Crippen LogP contribution in [-0.2, 0) is 0 Å². The molecular formula is C8H12N2O. The maximum absolute atomic E-state index is 10.5. The fraction of sp³-hybridized carbons (Fsp3) is 1.00. The molecule has 11 heavy (non-hydrogen) atoms. The second kappa shape index (κ2) is 1.83.